The number of sulfonamides is 1. The average Bonchev–Trinajstić information content (AvgIpc) is 2.98. The minimum Gasteiger partial charge on any atom is -0.493 e. The van der Waals surface area contributed by atoms with Gasteiger partial charge in [-0.1, -0.05) is 31.8 Å². The van der Waals surface area contributed by atoms with Crippen LogP contribution in [0, 0.1) is 0 Å². The second kappa shape index (κ2) is 9.12. The van der Waals surface area contributed by atoms with Gasteiger partial charge < -0.3 is 14.8 Å². The molecule has 1 amide bonds. The van der Waals surface area contributed by atoms with E-state index in [-0.39, 0.29) is 17.5 Å². The first-order chi connectivity index (χ1) is 14.3. The molecule has 3 rings (SSSR count). The zero-order valence-electron chi connectivity index (χ0n) is 17.9. The fraction of sp³-hybridized carbons (Fsp3) is 0.500. The van der Waals surface area contributed by atoms with Crippen molar-refractivity contribution in [1.82, 2.24) is 5.32 Å². The van der Waals surface area contributed by atoms with Crippen LogP contribution in [0.5, 0.6) is 11.5 Å². The molecule has 8 heteroatoms. The van der Waals surface area contributed by atoms with Crippen LogP contribution in [0.4, 0.5) is 5.69 Å². The van der Waals surface area contributed by atoms with Crippen molar-refractivity contribution in [2.75, 3.05) is 25.1 Å². The molecular weight excluding hydrogens is 404 g/mol. The Bertz CT molecular complexity index is 960. The summed E-state index contributed by atoms with van der Waals surface area (Å²) in [6, 6.07) is 3.33. The van der Waals surface area contributed by atoms with Crippen LogP contribution in [0.3, 0.4) is 0 Å². The lowest BCUT2D eigenvalue weighted by Crippen LogP contribution is -2.43. The summed E-state index contributed by atoms with van der Waals surface area (Å²) in [4.78, 5) is 13.0. The third-order valence-electron chi connectivity index (χ3n) is 5.75. The van der Waals surface area contributed by atoms with Crippen LogP contribution in [0.25, 0.3) is 5.57 Å². The van der Waals surface area contributed by atoms with Gasteiger partial charge in [0.2, 0.25) is 0 Å². The summed E-state index contributed by atoms with van der Waals surface area (Å²) in [5, 5.41) is 2.97. The summed E-state index contributed by atoms with van der Waals surface area (Å²) in [7, 11) is -1.05. The maximum atomic E-state index is 13.5. The van der Waals surface area contributed by atoms with E-state index in [9.17, 15) is 13.2 Å². The van der Waals surface area contributed by atoms with Crippen molar-refractivity contribution in [3.63, 3.8) is 0 Å². The molecule has 164 valence electrons. The third-order valence-corrected chi connectivity index (χ3v) is 7.69. The normalized spacial score (nSPS) is 19.0. The van der Waals surface area contributed by atoms with Gasteiger partial charge in [-0.05, 0) is 31.4 Å². The number of ether oxygens (including phenoxy) is 2. The highest BCUT2D eigenvalue weighted by Gasteiger charge is 2.40. The van der Waals surface area contributed by atoms with Crippen LogP contribution in [-0.4, -0.2) is 41.1 Å². The third kappa shape index (κ3) is 4.05. The molecule has 0 saturated heterocycles. The summed E-state index contributed by atoms with van der Waals surface area (Å²) in [5.41, 5.74) is 1.46. The number of carbonyl (C=O) groups excluding carboxylic acids is 1. The summed E-state index contributed by atoms with van der Waals surface area (Å²) < 4.78 is 38.9. The van der Waals surface area contributed by atoms with E-state index in [0.29, 0.717) is 28.3 Å². The SMILES string of the molecule is C=CCN1c2cc(OC)c(OC)cc2C(C)=C(C(=O)NC2CCCCCC2)S1(=O)=O. The van der Waals surface area contributed by atoms with Crippen molar-refractivity contribution in [2.24, 2.45) is 0 Å². The number of rotatable bonds is 6. The number of carbonyl (C=O) groups is 1. The quantitative estimate of drug-likeness (QED) is 0.546. The van der Waals surface area contributed by atoms with E-state index < -0.39 is 15.9 Å². The van der Waals surface area contributed by atoms with E-state index in [1.54, 1.807) is 19.1 Å². The van der Waals surface area contributed by atoms with Crippen LogP contribution < -0.4 is 19.1 Å². The monoisotopic (exact) mass is 434 g/mol. The fourth-order valence-electron chi connectivity index (χ4n) is 4.21. The van der Waals surface area contributed by atoms with E-state index in [0.717, 1.165) is 38.5 Å². The van der Waals surface area contributed by atoms with Gasteiger partial charge >= 0.3 is 0 Å². The predicted octanol–water partition coefficient (Wildman–Crippen LogP) is 3.61. The second-order valence-corrected chi connectivity index (χ2v) is 9.46. The lowest BCUT2D eigenvalue weighted by Gasteiger charge is -2.33. The molecule has 0 bridgehead atoms. The van der Waals surface area contributed by atoms with Crippen molar-refractivity contribution in [3.8, 4) is 11.5 Å². The van der Waals surface area contributed by atoms with Gasteiger partial charge in [-0.2, -0.15) is 0 Å². The molecule has 0 radical (unpaired) electrons. The molecule has 1 aliphatic carbocycles. The maximum absolute atomic E-state index is 13.5. The summed E-state index contributed by atoms with van der Waals surface area (Å²) in [6.45, 7) is 5.39. The van der Waals surface area contributed by atoms with Crippen molar-refractivity contribution >= 4 is 27.2 Å². The van der Waals surface area contributed by atoms with E-state index in [2.05, 4.69) is 11.9 Å². The van der Waals surface area contributed by atoms with Gasteiger partial charge in [0, 0.05) is 17.7 Å². The molecule has 1 fully saturated rings. The molecule has 1 saturated carbocycles. The molecule has 1 aliphatic heterocycles. The number of nitrogens with one attached hydrogen (secondary N) is 1. The van der Waals surface area contributed by atoms with E-state index in [1.807, 2.05) is 0 Å². The number of amides is 1. The second-order valence-electron chi connectivity index (χ2n) is 7.67. The molecule has 0 aromatic heterocycles. The van der Waals surface area contributed by atoms with Crippen LogP contribution in [0.15, 0.2) is 29.7 Å². The first-order valence-corrected chi connectivity index (χ1v) is 11.7. The standard InChI is InChI=1S/C22H30N2O5S/c1-5-12-24-18-14-20(29-4)19(28-3)13-17(18)15(2)21(30(24,26)27)22(25)23-16-10-8-6-7-9-11-16/h5,13-14,16H,1,6-12H2,2-4H3,(H,23,25). The molecule has 30 heavy (non-hydrogen) atoms. The van der Waals surface area contributed by atoms with E-state index >= 15 is 0 Å². The summed E-state index contributed by atoms with van der Waals surface area (Å²) in [5.74, 6) is 0.338. The molecule has 0 unspecified atom stereocenters. The van der Waals surface area contributed by atoms with Gasteiger partial charge in [-0.15, -0.1) is 6.58 Å². The van der Waals surface area contributed by atoms with Gasteiger partial charge in [0.1, 0.15) is 0 Å². The molecule has 0 spiro atoms. The van der Waals surface area contributed by atoms with Crippen molar-refractivity contribution in [3.05, 3.63) is 35.3 Å². The van der Waals surface area contributed by atoms with Crippen molar-refractivity contribution in [1.29, 1.82) is 0 Å². The van der Waals surface area contributed by atoms with Gasteiger partial charge in [0.15, 0.2) is 16.4 Å². The van der Waals surface area contributed by atoms with Crippen LogP contribution >= 0.6 is 0 Å². The molecule has 7 nitrogen and oxygen atoms in total. The van der Waals surface area contributed by atoms with Crippen LogP contribution in [0.1, 0.15) is 51.0 Å². The Hall–Kier alpha value is -2.48. The Labute approximate surface area is 178 Å². The van der Waals surface area contributed by atoms with Crippen molar-refractivity contribution < 1.29 is 22.7 Å². The fourth-order valence-corrected chi connectivity index (χ4v) is 5.93. The Kier molecular flexibility index (Phi) is 6.75. The number of hydrogen-bond donors (Lipinski definition) is 1. The highest BCUT2D eigenvalue weighted by atomic mass is 32.2. The lowest BCUT2D eigenvalue weighted by atomic mass is 10.0. The molecule has 0 atom stereocenters. The Morgan fingerprint density at radius 3 is 2.33 bits per heavy atom. The van der Waals surface area contributed by atoms with Crippen molar-refractivity contribution in [2.45, 2.75) is 51.5 Å². The number of hydrogen-bond acceptors (Lipinski definition) is 5. The smallest absolute Gasteiger partial charge is 0.270 e. The number of nitrogens with zero attached hydrogens (tertiary/aromatic N) is 1. The average molecular weight is 435 g/mol. The molecule has 1 heterocycles. The van der Waals surface area contributed by atoms with Crippen LogP contribution in [0.2, 0.25) is 0 Å². The van der Waals surface area contributed by atoms with E-state index in [1.165, 1.54) is 24.6 Å². The zero-order valence-corrected chi connectivity index (χ0v) is 18.7. The minimum atomic E-state index is -4.06. The number of allylic oxidation sites excluding steroid dienone is 1. The number of benzene rings is 1. The largest absolute Gasteiger partial charge is 0.493 e. The van der Waals surface area contributed by atoms with E-state index in [4.69, 9.17) is 9.47 Å². The maximum Gasteiger partial charge on any atom is 0.270 e. The Morgan fingerprint density at radius 1 is 1.17 bits per heavy atom. The number of methoxy groups -OCH3 is 2. The highest BCUT2D eigenvalue weighted by Crippen LogP contribution is 2.44. The first kappa shape index (κ1) is 22.2. The van der Waals surface area contributed by atoms with Crippen LogP contribution in [-0.2, 0) is 14.8 Å². The minimum absolute atomic E-state index is 0.00449. The van der Waals surface area contributed by atoms with Gasteiger partial charge in [0.05, 0.1) is 26.5 Å². The topological polar surface area (TPSA) is 84.9 Å². The molecule has 2 aliphatic rings. The Balaban J connectivity index is 2.11. The predicted molar refractivity (Wildman–Crippen MR) is 118 cm³/mol. The molecule has 1 aromatic carbocycles. The first-order valence-electron chi connectivity index (χ1n) is 10.3. The van der Waals surface area contributed by atoms with Gasteiger partial charge in [-0.25, -0.2) is 8.42 Å². The molecule has 1 N–H and O–H groups in total. The summed E-state index contributed by atoms with van der Waals surface area (Å²) in [6.07, 6.45) is 7.62. The van der Waals surface area contributed by atoms with Gasteiger partial charge in [-0.3, -0.25) is 9.10 Å². The Morgan fingerprint density at radius 2 is 1.77 bits per heavy atom. The lowest BCUT2D eigenvalue weighted by molar-refractivity contribution is -0.117. The van der Waals surface area contributed by atoms with Gasteiger partial charge in [0.25, 0.3) is 15.9 Å². The number of anilines is 1. The highest BCUT2D eigenvalue weighted by molar-refractivity contribution is 7.97. The molecule has 1 aromatic rings. The zero-order chi connectivity index (χ0) is 21.9. The molecular formula is C22H30N2O5S. The number of fused-ring (bicyclic) bond motifs is 1. The summed E-state index contributed by atoms with van der Waals surface area (Å²) >= 11 is 0.